The number of furan rings is 1. The van der Waals surface area contributed by atoms with Gasteiger partial charge in [0.1, 0.15) is 17.6 Å². The number of ether oxygens (including phenoxy) is 1. The SMILES string of the molecule is Cc1ccc(C(=O)Nc2ccccc2OCC#N)o1. The summed E-state index contributed by atoms with van der Waals surface area (Å²) in [6.45, 7) is 1.69. The maximum absolute atomic E-state index is 11.9. The summed E-state index contributed by atoms with van der Waals surface area (Å²) in [5, 5.41) is 11.2. The highest BCUT2D eigenvalue weighted by Crippen LogP contribution is 2.24. The lowest BCUT2D eigenvalue weighted by molar-refractivity contribution is 0.0995. The number of rotatable bonds is 4. The molecule has 0 bridgehead atoms. The Hall–Kier alpha value is -2.74. The Morgan fingerprint density at radius 3 is 2.84 bits per heavy atom. The monoisotopic (exact) mass is 256 g/mol. The zero-order valence-electron chi connectivity index (χ0n) is 10.3. The van der Waals surface area contributed by atoms with E-state index >= 15 is 0 Å². The van der Waals surface area contributed by atoms with E-state index in [4.69, 9.17) is 14.4 Å². The largest absolute Gasteiger partial charge is 0.477 e. The Balaban J connectivity index is 2.14. The lowest BCUT2D eigenvalue weighted by Crippen LogP contribution is -2.12. The van der Waals surface area contributed by atoms with E-state index in [-0.39, 0.29) is 18.3 Å². The van der Waals surface area contributed by atoms with E-state index in [1.807, 2.05) is 6.07 Å². The second-order valence-electron chi connectivity index (χ2n) is 3.81. The first-order valence-electron chi connectivity index (χ1n) is 5.67. The molecule has 0 aliphatic carbocycles. The number of aryl methyl sites for hydroxylation is 1. The van der Waals surface area contributed by atoms with Crippen molar-refractivity contribution in [1.82, 2.24) is 0 Å². The van der Waals surface area contributed by atoms with Crippen LogP contribution in [0.25, 0.3) is 0 Å². The molecule has 1 amide bonds. The molecule has 0 spiro atoms. The van der Waals surface area contributed by atoms with Crippen LogP contribution in [0.3, 0.4) is 0 Å². The van der Waals surface area contributed by atoms with Crippen LogP contribution in [-0.4, -0.2) is 12.5 Å². The Bertz CT molecular complexity index is 626. The van der Waals surface area contributed by atoms with Gasteiger partial charge in [0.25, 0.3) is 5.91 Å². The summed E-state index contributed by atoms with van der Waals surface area (Å²) in [6, 6.07) is 12.1. The molecule has 0 unspecified atom stereocenters. The highest BCUT2D eigenvalue weighted by atomic mass is 16.5. The average Bonchev–Trinajstić information content (AvgIpc) is 2.84. The van der Waals surface area contributed by atoms with Crippen molar-refractivity contribution in [2.24, 2.45) is 0 Å². The predicted octanol–water partition coefficient (Wildman–Crippen LogP) is 2.74. The summed E-state index contributed by atoms with van der Waals surface area (Å²) >= 11 is 0. The van der Waals surface area contributed by atoms with E-state index in [2.05, 4.69) is 5.32 Å². The van der Waals surface area contributed by atoms with Crippen molar-refractivity contribution in [1.29, 1.82) is 5.26 Å². The van der Waals surface area contributed by atoms with E-state index < -0.39 is 0 Å². The first-order chi connectivity index (χ1) is 9.20. The van der Waals surface area contributed by atoms with E-state index in [1.54, 1.807) is 43.3 Å². The van der Waals surface area contributed by atoms with Crippen LogP contribution in [0.2, 0.25) is 0 Å². The number of para-hydroxylation sites is 2. The second-order valence-corrected chi connectivity index (χ2v) is 3.81. The van der Waals surface area contributed by atoms with Crippen molar-refractivity contribution in [3.63, 3.8) is 0 Å². The molecule has 0 saturated heterocycles. The van der Waals surface area contributed by atoms with Gasteiger partial charge in [-0.2, -0.15) is 5.26 Å². The highest BCUT2D eigenvalue weighted by Gasteiger charge is 2.12. The van der Waals surface area contributed by atoms with E-state index in [0.29, 0.717) is 17.2 Å². The number of benzene rings is 1. The second kappa shape index (κ2) is 5.74. The van der Waals surface area contributed by atoms with E-state index in [1.165, 1.54) is 0 Å². The molecule has 5 heteroatoms. The molecule has 96 valence electrons. The van der Waals surface area contributed by atoms with Crippen LogP contribution in [0.4, 0.5) is 5.69 Å². The molecule has 1 aromatic carbocycles. The number of nitrogens with one attached hydrogen (secondary N) is 1. The molecule has 2 aromatic rings. The highest BCUT2D eigenvalue weighted by molar-refractivity contribution is 6.03. The summed E-state index contributed by atoms with van der Waals surface area (Å²) in [7, 11) is 0. The van der Waals surface area contributed by atoms with Crippen molar-refractivity contribution < 1.29 is 13.9 Å². The molecule has 0 aliphatic rings. The summed E-state index contributed by atoms with van der Waals surface area (Å²) in [5.74, 6) is 0.980. The summed E-state index contributed by atoms with van der Waals surface area (Å²) in [4.78, 5) is 11.9. The number of anilines is 1. The number of amides is 1. The van der Waals surface area contributed by atoms with Gasteiger partial charge in [-0.15, -0.1) is 0 Å². The number of nitriles is 1. The summed E-state index contributed by atoms with van der Waals surface area (Å²) in [6.07, 6.45) is 0. The van der Waals surface area contributed by atoms with Crippen LogP contribution >= 0.6 is 0 Å². The fourth-order valence-electron chi connectivity index (χ4n) is 1.55. The van der Waals surface area contributed by atoms with Gasteiger partial charge in [-0.25, -0.2) is 0 Å². The quantitative estimate of drug-likeness (QED) is 0.912. The number of carbonyl (C=O) groups excluding carboxylic acids is 1. The lowest BCUT2D eigenvalue weighted by Gasteiger charge is -2.09. The third-order valence-corrected chi connectivity index (χ3v) is 2.39. The third-order valence-electron chi connectivity index (χ3n) is 2.39. The van der Waals surface area contributed by atoms with Crippen molar-refractivity contribution in [3.8, 4) is 11.8 Å². The zero-order chi connectivity index (χ0) is 13.7. The van der Waals surface area contributed by atoms with Gasteiger partial charge in [-0.05, 0) is 31.2 Å². The van der Waals surface area contributed by atoms with Crippen LogP contribution in [0.15, 0.2) is 40.8 Å². The van der Waals surface area contributed by atoms with E-state index in [9.17, 15) is 4.79 Å². The third kappa shape index (κ3) is 3.13. The van der Waals surface area contributed by atoms with Crippen molar-refractivity contribution >= 4 is 11.6 Å². The van der Waals surface area contributed by atoms with Crippen molar-refractivity contribution in [2.75, 3.05) is 11.9 Å². The van der Waals surface area contributed by atoms with Gasteiger partial charge in [0.15, 0.2) is 12.4 Å². The van der Waals surface area contributed by atoms with Gasteiger partial charge in [0.2, 0.25) is 0 Å². The molecule has 0 radical (unpaired) electrons. The zero-order valence-corrected chi connectivity index (χ0v) is 10.3. The van der Waals surface area contributed by atoms with Crippen LogP contribution in [-0.2, 0) is 0 Å². The maximum atomic E-state index is 11.9. The molecule has 0 fully saturated rings. The topological polar surface area (TPSA) is 75.3 Å². The molecule has 2 rings (SSSR count). The van der Waals surface area contributed by atoms with Gasteiger partial charge in [0, 0.05) is 0 Å². The molecule has 1 heterocycles. The standard InChI is InChI=1S/C14H12N2O3/c1-10-6-7-13(19-10)14(17)16-11-4-2-3-5-12(11)18-9-8-15/h2-7H,9H2,1H3,(H,16,17). The Kier molecular flexibility index (Phi) is 3.84. The van der Waals surface area contributed by atoms with Gasteiger partial charge in [-0.3, -0.25) is 4.79 Å². The first kappa shape index (κ1) is 12.7. The smallest absolute Gasteiger partial charge is 0.291 e. The number of hydrogen-bond acceptors (Lipinski definition) is 4. The number of carbonyl (C=O) groups is 1. The van der Waals surface area contributed by atoms with Crippen molar-refractivity contribution in [3.05, 3.63) is 47.9 Å². The lowest BCUT2D eigenvalue weighted by atomic mass is 10.3. The molecule has 1 N–H and O–H groups in total. The average molecular weight is 256 g/mol. The number of nitrogens with zero attached hydrogens (tertiary/aromatic N) is 1. The van der Waals surface area contributed by atoms with E-state index in [0.717, 1.165) is 0 Å². The van der Waals surface area contributed by atoms with Crippen LogP contribution in [0, 0.1) is 18.3 Å². The molecular weight excluding hydrogens is 244 g/mol. The fourth-order valence-corrected chi connectivity index (χ4v) is 1.55. The van der Waals surface area contributed by atoms with Crippen LogP contribution < -0.4 is 10.1 Å². The fraction of sp³-hybridized carbons (Fsp3) is 0.143. The minimum atomic E-state index is -0.360. The van der Waals surface area contributed by atoms with Gasteiger partial charge in [0.05, 0.1) is 5.69 Å². The van der Waals surface area contributed by atoms with Crippen molar-refractivity contribution in [2.45, 2.75) is 6.92 Å². The Morgan fingerprint density at radius 1 is 1.37 bits per heavy atom. The molecule has 0 aliphatic heterocycles. The van der Waals surface area contributed by atoms with Gasteiger partial charge >= 0.3 is 0 Å². The van der Waals surface area contributed by atoms with Gasteiger partial charge in [-0.1, -0.05) is 12.1 Å². The van der Waals surface area contributed by atoms with Gasteiger partial charge < -0.3 is 14.5 Å². The van der Waals surface area contributed by atoms with Crippen LogP contribution in [0.1, 0.15) is 16.3 Å². The molecule has 1 aromatic heterocycles. The minimum Gasteiger partial charge on any atom is -0.477 e. The molecule has 19 heavy (non-hydrogen) atoms. The first-order valence-corrected chi connectivity index (χ1v) is 5.67. The maximum Gasteiger partial charge on any atom is 0.291 e. The Labute approximate surface area is 110 Å². The molecular formula is C14H12N2O3. The van der Waals surface area contributed by atoms with Crippen LogP contribution in [0.5, 0.6) is 5.75 Å². The normalized spacial score (nSPS) is 9.68. The predicted molar refractivity (Wildman–Crippen MR) is 68.9 cm³/mol. The molecule has 0 atom stereocenters. The number of hydrogen-bond donors (Lipinski definition) is 1. The Morgan fingerprint density at radius 2 is 2.16 bits per heavy atom. The molecule has 0 saturated carbocycles. The minimum absolute atomic E-state index is 0.0766. The summed E-state index contributed by atoms with van der Waals surface area (Å²) < 4.78 is 10.5. The summed E-state index contributed by atoms with van der Waals surface area (Å²) in [5.41, 5.74) is 0.497. The molecule has 5 nitrogen and oxygen atoms in total.